The first-order valence-electron chi connectivity index (χ1n) is 4.34. The van der Waals surface area contributed by atoms with Gasteiger partial charge in [0, 0.05) is 10.1 Å². The summed E-state index contributed by atoms with van der Waals surface area (Å²) in [5, 5.41) is 1.79. The van der Waals surface area contributed by atoms with Crippen molar-refractivity contribution < 1.29 is 0 Å². The Morgan fingerprint density at radius 3 is 1.45 bits per heavy atom. The summed E-state index contributed by atoms with van der Waals surface area (Å²) in [6, 6.07) is 0. The van der Waals surface area contributed by atoms with Crippen LogP contribution in [0.3, 0.4) is 0 Å². The van der Waals surface area contributed by atoms with E-state index in [1.807, 2.05) is 0 Å². The van der Waals surface area contributed by atoms with Crippen molar-refractivity contribution in [3.63, 3.8) is 0 Å². The van der Waals surface area contributed by atoms with Crippen LogP contribution < -0.4 is 0 Å². The Labute approximate surface area is 78.6 Å². The highest BCUT2D eigenvalue weighted by Crippen LogP contribution is 2.27. The third kappa shape index (κ3) is 3.48. The lowest BCUT2D eigenvalue weighted by atomic mass is 10.1. The molecule has 0 unspecified atom stereocenters. The summed E-state index contributed by atoms with van der Waals surface area (Å²) in [4.78, 5) is 0. The zero-order valence-corrected chi connectivity index (χ0v) is 8.22. The smallest absolute Gasteiger partial charge is 0.0325 e. The van der Waals surface area contributed by atoms with Gasteiger partial charge in [0.25, 0.3) is 0 Å². The zero-order chi connectivity index (χ0) is 8.10. The van der Waals surface area contributed by atoms with Crippen LogP contribution in [0.25, 0.3) is 0 Å². The number of rotatable bonds is 0. The lowest BCUT2D eigenvalue weighted by Gasteiger charge is -1.99. The van der Waals surface area contributed by atoms with Crippen molar-refractivity contribution in [3.8, 4) is 0 Å². The van der Waals surface area contributed by atoms with Crippen molar-refractivity contribution in [3.05, 3.63) is 10.1 Å². The Balaban J connectivity index is 2.47. The molecule has 64 valence electrons. The summed E-state index contributed by atoms with van der Waals surface area (Å²) in [6.07, 6.45) is 8.33. The second-order valence-corrected chi connectivity index (χ2v) is 3.99. The summed E-state index contributed by atoms with van der Waals surface area (Å²) < 4.78 is 0. The molecule has 0 aromatic heterocycles. The molecule has 2 heteroatoms. The van der Waals surface area contributed by atoms with Crippen LogP contribution in [0.15, 0.2) is 10.1 Å². The highest BCUT2D eigenvalue weighted by atomic mass is 35.5. The third-order valence-corrected chi connectivity index (χ3v) is 3.02. The van der Waals surface area contributed by atoms with E-state index >= 15 is 0 Å². The molecule has 0 aromatic carbocycles. The molecule has 0 spiro atoms. The Morgan fingerprint density at radius 1 is 0.636 bits per heavy atom. The van der Waals surface area contributed by atoms with E-state index in [-0.39, 0.29) is 0 Å². The molecule has 11 heavy (non-hydrogen) atoms. The first-order valence-corrected chi connectivity index (χ1v) is 5.09. The molecule has 0 bridgehead atoms. The van der Waals surface area contributed by atoms with Gasteiger partial charge in [-0.25, -0.2) is 0 Å². The molecule has 0 amide bonds. The van der Waals surface area contributed by atoms with Gasteiger partial charge in [0.15, 0.2) is 0 Å². The van der Waals surface area contributed by atoms with Gasteiger partial charge in [0.1, 0.15) is 0 Å². The van der Waals surface area contributed by atoms with Gasteiger partial charge in [-0.1, -0.05) is 42.5 Å². The fourth-order valence-corrected chi connectivity index (χ4v) is 1.82. The van der Waals surface area contributed by atoms with Crippen molar-refractivity contribution in [1.29, 1.82) is 0 Å². The minimum Gasteiger partial charge on any atom is -0.0879 e. The van der Waals surface area contributed by atoms with Crippen LogP contribution in [0.1, 0.15) is 44.9 Å². The van der Waals surface area contributed by atoms with Crippen molar-refractivity contribution in [2.24, 2.45) is 0 Å². The summed E-state index contributed by atoms with van der Waals surface area (Å²) in [6.45, 7) is 0. The summed E-state index contributed by atoms with van der Waals surface area (Å²) in [5.41, 5.74) is 0. The molecule has 0 fully saturated rings. The van der Waals surface area contributed by atoms with Crippen molar-refractivity contribution in [1.82, 2.24) is 0 Å². The van der Waals surface area contributed by atoms with Crippen molar-refractivity contribution in [2.75, 3.05) is 0 Å². The summed E-state index contributed by atoms with van der Waals surface area (Å²) >= 11 is 11.9. The van der Waals surface area contributed by atoms with E-state index in [1.54, 1.807) is 0 Å². The van der Waals surface area contributed by atoms with Crippen LogP contribution in [0.4, 0.5) is 0 Å². The lowest BCUT2D eigenvalue weighted by molar-refractivity contribution is 0.630. The Kier molecular flexibility index (Phi) is 4.32. The van der Waals surface area contributed by atoms with E-state index in [0.29, 0.717) is 0 Å². The second-order valence-electron chi connectivity index (χ2n) is 3.08. The largest absolute Gasteiger partial charge is 0.0879 e. The minimum atomic E-state index is 0.897. The SMILES string of the molecule is Cl/C1=C(\Cl)CCCCCCC1. The molecule has 0 saturated heterocycles. The van der Waals surface area contributed by atoms with Crippen LogP contribution >= 0.6 is 23.2 Å². The number of allylic oxidation sites excluding steroid dienone is 2. The normalized spacial score (nSPS) is 28.9. The van der Waals surface area contributed by atoms with E-state index in [0.717, 1.165) is 22.9 Å². The molecule has 1 aliphatic rings. The lowest BCUT2D eigenvalue weighted by Crippen LogP contribution is -1.78. The minimum absolute atomic E-state index is 0.897. The molecule has 0 aromatic rings. The molecule has 0 atom stereocenters. The third-order valence-electron chi connectivity index (χ3n) is 2.09. The molecular formula is C9H14Cl2. The Morgan fingerprint density at radius 2 is 1.00 bits per heavy atom. The maximum Gasteiger partial charge on any atom is 0.0325 e. The van der Waals surface area contributed by atoms with Gasteiger partial charge in [0.2, 0.25) is 0 Å². The highest BCUT2D eigenvalue weighted by molar-refractivity contribution is 6.39. The highest BCUT2D eigenvalue weighted by Gasteiger charge is 2.04. The monoisotopic (exact) mass is 192 g/mol. The maximum atomic E-state index is 5.96. The zero-order valence-electron chi connectivity index (χ0n) is 6.71. The fraction of sp³-hybridized carbons (Fsp3) is 0.778. The van der Waals surface area contributed by atoms with Crippen molar-refractivity contribution in [2.45, 2.75) is 44.9 Å². The van der Waals surface area contributed by atoms with Gasteiger partial charge < -0.3 is 0 Å². The second kappa shape index (κ2) is 5.05. The van der Waals surface area contributed by atoms with Crippen LogP contribution in [0.2, 0.25) is 0 Å². The fourth-order valence-electron chi connectivity index (χ4n) is 1.36. The van der Waals surface area contributed by atoms with E-state index < -0.39 is 0 Å². The molecule has 0 aliphatic heterocycles. The Hall–Kier alpha value is 0.320. The summed E-state index contributed by atoms with van der Waals surface area (Å²) in [7, 11) is 0. The Bertz CT molecular complexity index is 134. The van der Waals surface area contributed by atoms with Crippen LogP contribution in [0.5, 0.6) is 0 Å². The van der Waals surface area contributed by atoms with Gasteiger partial charge >= 0.3 is 0 Å². The number of hydrogen-bond donors (Lipinski definition) is 0. The first kappa shape index (κ1) is 9.41. The molecule has 1 rings (SSSR count). The molecule has 0 nitrogen and oxygen atoms in total. The van der Waals surface area contributed by atoms with Gasteiger partial charge in [0.05, 0.1) is 0 Å². The van der Waals surface area contributed by atoms with Gasteiger partial charge in [-0.15, -0.1) is 0 Å². The van der Waals surface area contributed by atoms with E-state index in [2.05, 4.69) is 0 Å². The number of hydrogen-bond acceptors (Lipinski definition) is 0. The first-order chi connectivity index (χ1) is 5.30. The molecule has 0 saturated carbocycles. The summed E-state index contributed by atoms with van der Waals surface area (Å²) in [5.74, 6) is 0. The molecule has 0 N–H and O–H groups in total. The quantitative estimate of drug-likeness (QED) is 0.534. The molecule has 0 heterocycles. The van der Waals surface area contributed by atoms with E-state index in [9.17, 15) is 0 Å². The van der Waals surface area contributed by atoms with E-state index in [4.69, 9.17) is 23.2 Å². The average Bonchev–Trinajstić information content (AvgIpc) is 2.07. The van der Waals surface area contributed by atoms with Gasteiger partial charge in [-0.05, 0) is 25.7 Å². The van der Waals surface area contributed by atoms with E-state index in [1.165, 1.54) is 32.1 Å². The van der Waals surface area contributed by atoms with Crippen LogP contribution in [-0.2, 0) is 0 Å². The molecular weight excluding hydrogens is 179 g/mol. The number of halogens is 2. The predicted octanol–water partition coefficient (Wildman–Crippen LogP) is 4.42. The maximum absolute atomic E-state index is 5.96. The molecule has 1 aliphatic carbocycles. The molecule has 0 radical (unpaired) electrons. The average molecular weight is 193 g/mol. The van der Waals surface area contributed by atoms with Gasteiger partial charge in [-0.3, -0.25) is 0 Å². The van der Waals surface area contributed by atoms with Gasteiger partial charge in [-0.2, -0.15) is 0 Å². The van der Waals surface area contributed by atoms with Crippen LogP contribution in [-0.4, -0.2) is 0 Å². The topological polar surface area (TPSA) is 0 Å². The standard InChI is InChI=1S/C9H14Cl2/c10-8-6-4-2-1-3-5-7-9(8)11/h1-7H2/b9-8-. The predicted molar refractivity (Wildman–Crippen MR) is 51.1 cm³/mol. The van der Waals surface area contributed by atoms with Crippen molar-refractivity contribution >= 4 is 23.2 Å². The van der Waals surface area contributed by atoms with Crippen LogP contribution in [0, 0.1) is 0 Å².